The Hall–Kier alpha value is -8.20. The number of hydrogen-bond acceptors (Lipinski definition) is 2. The summed E-state index contributed by atoms with van der Waals surface area (Å²) >= 11 is 0. The maximum atomic E-state index is 6.44. The first-order valence-corrected chi connectivity index (χ1v) is 21.3. The molecule has 12 aromatic rings. The standard InChI is InChI=1S/C60H37NO/c1-2-11-49-40(8-1)18-19-45-36-43(26-34-50(45)49)38-20-28-46(29-21-38)61(48-32-24-41(25-33-48)51-13-7-16-56-53-12-3-4-17-58(53)62-60(51)56)47-30-22-39(23-31-47)44-27-35-52-54-14-5-9-42-10-6-15-55(59(42)54)57(52)37-44/h1-37H. The van der Waals surface area contributed by atoms with E-state index in [2.05, 4.69) is 217 Å². The number of anilines is 3. The van der Waals surface area contributed by atoms with Crippen molar-refractivity contribution in [2.75, 3.05) is 4.90 Å². The summed E-state index contributed by atoms with van der Waals surface area (Å²) in [6, 6.07) is 81.7. The first-order valence-electron chi connectivity index (χ1n) is 21.3. The molecule has 288 valence electrons. The Morgan fingerprint density at radius 3 is 1.53 bits per heavy atom. The molecule has 0 radical (unpaired) electrons. The van der Waals surface area contributed by atoms with Gasteiger partial charge in [0.05, 0.1) is 0 Å². The van der Waals surface area contributed by atoms with Crippen molar-refractivity contribution in [1.29, 1.82) is 0 Å². The molecule has 0 N–H and O–H groups in total. The average Bonchev–Trinajstić information content (AvgIpc) is 3.89. The van der Waals surface area contributed by atoms with Crippen LogP contribution in [0.15, 0.2) is 229 Å². The number of para-hydroxylation sites is 2. The van der Waals surface area contributed by atoms with Crippen molar-refractivity contribution in [2.24, 2.45) is 0 Å². The molecule has 1 aromatic heterocycles. The van der Waals surface area contributed by atoms with Crippen molar-refractivity contribution in [3.63, 3.8) is 0 Å². The zero-order valence-corrected chi connectivity index (χ0v) is 33.7. The summed E-state index contributed by atoms with van der Waals surface area (Å²) in [5.41, 5.74) is 17.3. The molecule has 0 fully saturated rings. The lowest BCUT2D eigenvalue weighted by molar-refractivity contribution is 0.670. The minimum absolute atomic E-state index is 0.907. The summed E-state index contributed by atoms with van der Waals surface area (Å²) in [6.45, 7) is 0. The molecule has 0 aliphatic heterocycles. The number of benzene rings is 11. The summed E-state index contributed by atoms with van der Waals surface area (Å²) in [5.74, 6) is 0. The minimum atomic E-state index is 0.907. The van der Waals surface area contributed by atoms with Gasteiger partial charge in [0.25, 0.3) is 0 Å². The summed E-state index contributed by atoms with van der Waals surface area (Å²) in [4.78, 5) is 2.35. The quantitative estimate of drug-likeness (QED) is 0.156. The smallest absolute Gasteiger partial charge is 0.143 e. The van der Waals surface area contributed by atoms with Gasteiger partial charge in [0.15, 0.2) is 0 Å². The maximum absolute atomic E-state index is 6.44. The second-order valence-corrected chi connectivity index (χ2v) is 16.4. The van der Waals surface area contributed by atoms with Gasteiger partial charge in [-0.25, -0.2) is 0 Å². The Labute approximate surface area is 359 Å². The molecular formula is C60H37NO. The van der Waals surface area contributed by atoms with E-state index in [0.29, 0.717) is 0 Å². The van der Waals surface area contributed by atoms with Crippen LogP contribution in [0.1, 0.15) is 0 Å². The second-order valence-electron chi connectivity index (χ2n) is 16.4. The van der Waals surface area contributed by atoms with Crippen molar-refractivity contribution in [3.8, 4) is 55.6 Å². The van der Waals surface area contributed by atoms with Crippen LogP contribution in [-0.2, 0) is 0 Å². The monoisotopic (exact) mass is 787 g/mol. The van der Waals surface area contributed by atoms with Gasteiger partial charge in [0.2, 0.25) is 0 Å². The van der Waals surface area contributed by atoms with Gasteiger partial charge in [-0.3, -0.25) is 0 Å². The van der Waals surface area contributed by atoms with Crippen LogP contribution in [-0.4, -0.2) is 0 Å². The van der Waals surface area contributed by atoms with Crippen LogP contribution in [0.3, 0.4) is 0 Å². The van der Waals surface area contributed by atoms with Gasteiger partial charge in [-0.2, -0.15) is 0 Å². The zero-order valence-electron chi connectivity index (χ0n) is 33.7. The molecule has 2 nitrogen and oxygen atoms in total. The predicted molar refractivity (Wildman–Crippen MR) is 262 cm³/mol. The lowest BCUT2D eigenvalue weighted by Gasteiger charge is -2.26. The molecule has 1 heterocycles. The fourth-order valence-electron chi connectivity index (χ4n) is 9.98. The first kappa shape index (κ1) is 34.6. The van der Waals surface area contributed by atoms with Gasteiger partial charge >= 0.3 is 0 Å². The number of nitrogens with zero attached hydrogens (tertiary/aromatic N) is 1. The topological polar surface area (TPSA) is 16.4 Å². The molecule has 0 spiro atoms. The van der Waals surface area contributed by atoms with E-state index in [0.717, 1.165) is 50.1 Å². The molecule has 0 unspecified atom stereocenters. The van der Waals surface area contributed by atoms with E-state index >= 15 is 0 Å². The Bertz CT molecular complexity index is 3720. The summed E-state index contributed by atoms with van der Waals surface area (Å²) in [7, 11) is 0. The Kier molecular flexibility index (Phi) is 7.64. The third-order valence-corrected chi connectivity index (χ3v) is 13.0. The van der Waals surface area contributed by atoms with E-state index in [1.165, 1.54) is 76.8 Å². The van der Waals surface area contributed by atoms with E-state index in [1.54, 1.807) is 0 Å². The number of rotatable bonds is 6. The van der Waals surface area contributed by atoms with Crippen LogP contribution in [0.2, 0.25) is 0 Å². The SMILES string of the molecule is c1cc2c3c(cccc3c1)-c1cc(-c3ccc(N(c4ccc(-c5ccc6c(ccc7ccccc76)c5)cc4)c4ccc(-c5cccc6c5oc5ccccc56)cc4)cc3)ccc1-2. The molecule has 62 heavy (non-hydrogen) atoms. The number of fused-ring (bicyclic) bond motifs is 9. The Morgan fingerprint density at radius 2 is 0.790 bits per heavy atom. The van der Waals surface area contributed by atoms with Crippen LogP contribution in [0, 0.1) is 0 Å². The second kappa shape index (κ2) is 13.7. The largest absolute Gasteiger partial charge is 0.455 e. The van der Waals surface area contributed by atoms with E-state index in [4.69, 9.17) is 4.42 Å². The molecule has 0 atom stereocenters. The molecule has 0 bridgehead atoms. The number of hydrogen-bond donors (Lipinski definition) is 0. The van der Waals surface area contributed by atoms with Gasteiger partial charge in [-0.05, 0) is 137 Å². The van der Waals surface area contributed by atoms with E-state index in [9.17, 15) is 0 Å². The van der Waals surface area contributed by atoms with Crippen LogP contribution in [0.5, 0.6) is 0 Å². The molecule has 0 amide bonds. The van der Waals surface area contributed by atoms with Gasteiger partial charge in [-0.1, -0.05) is 170 Å². The lowest BCUT2D eigenvalue weighted by Crippen LogP contribution is -2.09. The maximum Gasteiger partial charge on any atom is 0.143 e. The minimum Gasteiger partial charge on any atom is -0.455 e. The predicted octanol–water partition coefficient (Wildman–Crippen LogP) is 17.2. The number of furan rings is 1. The average molecular weight is 788 g/mol. The van der Waals surface area contributed by atoms with Gasteiger partial charge in [0.1, 0.15) is 11.2 Å². The highest BCUT2D eigenvalue weighted by atomic mass is 16.3. The molecule has 11 aromatic carbocycles. The highest BCUT2D eigenvalue weighted by Gasteiger charge is 2.22. The van der Waals surface area contributed by atoms with Crippen molar-refractivity contribution >= 4 is 71.3 Å². The van der Waals surface area contributed by atoms with Crippen LogP contribution in [0.25, 0.3) is 110 Å². The molecular weight excluding hydrogens is 751 g/mol. The molecule has 1 aliphatic carbocycles. The first-order chi connectivity index (χ1) is 30.7. The third-order valence-electron chi connectivity index (χ3n) is 13.0. The molecule has 1 aliphatic rings. The highest BCUT2D eigenvalue weighted by molar-refractivity contribution is 6.16. The third kappa shape index (κ3) is 5.44. The lowest BCUT2D eigenvalue weighted by atomic mass is 9.97. The van der Waals surface area contributed by atoms with Crippen molar-refractivity contribution in [3.05, 3.63) is 224 Å². The molecule has 0 saturated carbocycles. The van der Waals surface area contributed by atoms with Crippen molar-refractivity contribution < 1.29 is 4.42 Å². The highest BCUT2D eigenvalue weighted by Crippen LogP contribution is 2.48. The van der Waals surface area contributed by atoms with Crippen molar-refractivity contribution in [2.45, 2.75) is 0 Å². The van der Waals surface area contributed by atoms with Crippen LogP contribution >= 0.6 is 0 Å². The van der Waals surface area contributed by atoms with E-state index in [1.807, 2.05) is 12.1 Å². The van der Waals surface area contributed by atoms with Gasteiger partial charge in [0, 0.05) is 33.4 Å². The van der Waals surface area contributed by atoms with Crippen LogP contribution < -0.4 is 4.90 Å². The molecule has 13 rings (SSSR count). The van der Waals surface area contributed by atoms with E-state index in [-0.39, 0.29) is 0 Å². The Balaban J connectivity index is 0.880. The fourth-order valence-corrected chi connectivity index (χ4v) is 9.98. The van der Waals surface area contributed by atoms with E-state index < -0.39 is 0 Å². The van der Waals surface area contributed by atoms with Crippen molar-refractivity contribution in [1.82, 2.24) is 0 Å². The fraction of sp³-hybridized carbons (Fsp3) is 0. The summed E-state index contributed by atoms with van der Waals surface area (Å²) < 4.78 is 6.44. The Morgan fingerprint density at radius 1 is 0.274 bits per heavy atom. The molecule has 2 heteroatoms. The zero-order chi connectivity index (χ0) is 40.7. The summed E-state index contributed by atoms with van der Waals surface area (Å²) in [6.07, 6.45) is 0. The van der Waals surface area contributed by atoms with Gasteiger partial charge in [-0.15, -0.1) is 0 Å². The summed E-state index contributed by atoms with van der Waals surface area (Å²) in [5, 5.41) is 9.99. The van der Waals surface area contributed by atoms with Gasteiger partial charge < -0.3 is 9.32 Å². The van der Waals surface area contributed by atoms with Crippen LogP contribution in [0.4, 0.5) is 17.1 Å². The normalized spacial score (nSPS) is 11.9. The molecule has 0 saturated heterocycles.